The molecule has 5 heteroatoms. The van der Waals surface area contributed by atoms with Crippen molar-refractivity contribution in [3.63, 3.8) is 0 Å². The highest BCUT2D eigenvalue weighted by Gasteiger charge is 2.33. The fourth-order valence-electron chi connectivity index (χ4n) is 5.08. The van der Waals surface area contributed by atoms with Crippen LogP contribution in [0.3, 0.4) is 0 Å². The fourth-order valence-corrected chi connectivity index (χ4v) is 5.08. The van der Waals surface area contributed by atoms with E-state index in [0.29, 0.717) is 18.4 Å². The van der Waals surface area contributed by atoms with E-state index in [0.717, 1.165) is 55.0 Å². The third kappa shape index (κ3) is 3.78. The summed E-state index contributed by atoms with van der Waals surface area (Å²) in [5.41, 5.74) is 6.13. The first-order valence-corrected chi connectivity index (χ1v) is 11.2. The molecule has 0 fully saturated rings. The minimum Gasteiger partial charge on any atom is -0.504 e. The zero-order valence-corrected chi connectivity index (χ0v) is 18.6. The second kappa shape index (κ2) is 8.75. The number of ether oxygens (including phenoxy) is 3. The Morgan fingerprint density at radius 1 is 0.938 bits per heavy atom. The van der Waals surface area contributed by atoms with Crippen molar-refractivity contribution in [3.8, 4) is 23.0 Å². The van der Waals surface area contributed by atoms with Gasteiger partial charge in [-0.25, -0.2) is 0 Å². The van der Waals surface area contributed by atoms with E-state index in [1.54, 1.807) is 20.3 Å². The molecule has 0 radical (unpaired) electrons. The maximum absolute atomic E-state index is 10.3. The molecule has 0 amide bonds. The molecule has 5 nitrogen and oxygen atoms in total. The molecule has 0 bridgehead atoms. The lowest BCUT2D eigenvalue weighted by Crippen LogP contribution is -2.34. The molecule has 0 aliphatic carbocycles. The van der Waals surface area contributed by atoms with Crippen LogP contribution in [-0.4, -0.2) is 30.8 Å². The summed E-state index contributed by atoms with van der Waals surface area (Å²) >= 11 is 0. The van der Waals surface area contributed by atoms with Gasteiger partial charge in [-0.3, -0.25) is 4.90 Å². The Hall–Kier alpha value is -3.18. The van der Waals surface area contributed by atoms with Gasteiger partial charge in [0.15, 0.2) is 23.0 Å². The van der Waals surface area contributed by atoms with Gasteiger partial charge in [0.25, 0.3) is 0 Å². The molecule has 0 saturated carbocycles. The van der Waals surface area contributed by atoms with Gasteiger partial charge in [-0.2, -0.15) is 0 Å². The van der Waals surface area contributed by atoms with Gasteiger partial charge >= 0.3 is 0 Å². The number of nitrogens with zero attached hydrogens (tertiary/aromatic N) is 1. The lowest BCUT2D eigenvalue weighted by molar-refractivity contribution is 0.171. The molecular formula is C27H29NO4. The summed E-state index contributed by atoms with van der Waals surface area (Å²) in [5.74, 6) is 2.39. The number of hydrogen-bond donors (Lipinski definition) is 1. The highest BCUT2D eigenvalue weighted by Crippen LogP contribution is 2.44. The zero-order valence-electron chi connectivity index (χ0n) is 18.6. The molecule has 0 saturated heterocycles. The molecular weight excluding hydrogens is 402 g/mol. The van der Waals surface area contributed by atoms with E-state index in [1.165, 1.54) is 16.7 Å². The summed E-state index contributed by atoms with van der Waals surface area (Å²) < 4.78 is 17.4. The molecule has 3 aromatic carbocycles. The van der Waals surface area contributed by atoms with E-state index in [1.807, 2.05) is 24.3 Å². The maximum Gasteiger partial charge on any atom is 0.165 e. The van der Waals surface area contributed by atoms with E-state index >= 15 is 0 Å². The van der Waals surface area contributed by atoms with Crippen LogP contribution in [0.5, 0.6) is 23.0 Å². The first-order chi connectivity index (χ1) is 15.7. The smallest absolute Gasteiger partial charge is 0.165 e. The summed E-state index contributed by atoms with van der Waals surface area (Å²) in [5, 5.41) is 10.3. The Kier molecular flexibility index (Phi) is 5.66. The normalized spacial score (nSPS) is 17.5. The van der Waals surface area contributed by atoms with E-state index in [2.05, 4.69) is 29.2 Å². The molecule has 2 aliphatic heterocycles. The third-order valence-corrected chi connectivity index (χ3v) is 6.72. The van der Waals surface area contributed by atoms with Crippen LogP contribution in [-0.2, 0) is 26.0 Å². The van der Waals surface area contributed by atoms with Gasteiger partial charge in [0.2, 0.25) is 0 Å². The number of benzene rings is 3. The lowest BCUT2D eigenvalue weighted by atomic mass is 9.89. The van der Waals surface area contributed by atoms with Crippen LogP contribution >= 0.6 is 0 Å². The van der Waals surface area contributed by atoms with Gasteiger partial charge in [-0.05, 0) is 59.7 Å². The van der Waals surface area contributed by atoms with Gasteiger partial charge in [-0.1, -0.05) is 36.4 Å². The molecule has 1 atom stereocenters. The molecule has 2 aliphatic rings. The van der Waals surface area contributed by atoms with Crippen LogP contribution in [0.2, 0.25) is 0 Å². The van der Waals surface area contributed by atoms with Crippen LogP contribution < -0.4 is 14.2 Å². The summed E-state index contributed by atoms with van der Waals surface area (Å²) in [6.45, 7) is 2.23. The predicted molar refractivity (Wildman–Crippen MR) is 124 cm³/mol. The molecule has 3 aromatic rings. The largest absolute Gasteiger partial charge is 0.504 e. The third-order valence-electron chi connectivity index (χ3n) is 6.72. The quantitative estimate of drug-likeness (QED) is 0.614. The number of fused-ring (bicyclic) bond motifs is 4. The number of aromatic hydroxyl groups is 1. The topological polar surface area (TPSA) is 51.2 Å². The van der Waals surface area contributed by atoms with Crippen LogP contribution in [0.1, 0.15) is 40.3 Å². The minimum absolute atomic E-state index is 0.212. The number of methoxy groups -OCH3 is 2. The Labute approximate surface area is 189 Å². The molecule has 1 N–H and O–H groups in total. The van der Waals surface area contributed by atoms with Crippen LogP contribution in [0.25, 0.3) is 0 Å². The first kappa shape index (κ1) is 20.7. The molecule has 0 spiro atoms. The van der Waals surface area contributed by atoms with E-state index in [4.69, 9.17) is 14.2 Å². The van der Waals surface area contributed by atoms with E-state index in [9.17, 15) is 5.11 Å². The van der Waals surface area contributed by atoms with Crippen LogP contribution in [0.15, 0.2) is 54.6 Å². The van der Waals surface area contributed by atoms with Crippen LogP contribution in [0, 0.1) is 0 Å². The standard InChI is InChI=1S/C27H29NO4/c1-30-25-14-20-12-13-28-16-22-19(9-11-24(29)27(22)31-2)8-10-23(28)21(20)15-26(25)32-17-18-6-4-3-5-7-18/h3-7,9,11,14-15,23,29H,8,10,12-13,16-17H2,1-2H3/t23-/m0/s1. The highest BCUT2D eigenvalue weighted by molar-refractivity contribution is 5.53. The van der Waals surface area contributed by atoms with Gasteiger partial charge in [0.05, 0.1) is 14.2 Å². The van der Waals surface area contributed by atoms with Crippen molar-refractivity contribution in [1.29, 1.82) is 0 Å². The Balaban J connectivity index is 1.46. The van der Waals surface area contributed by atoms with Crippen molar-refractivity contribution < 1.29 is 19.3 Å². The number of phenolic OH excluding ortho intramolecular Hbond substituents is 1. The highest BCUT2D eigenvalue weighted by atomic mass is 16.5. The molecule has 0 aromatic heterocycles. The monoisotopic (exact) mass is 431 g/mol. The molecule has 32 heavy (non-hydrogen) atoms. The average molecular weight is 432 g/mol. The summed E-state index contributed by atoms with van der Waals surface area (Å²) in [4.78, 5) is 2.50. The van der Waals surface area contributed by atoms with Crippen molar-refractivity contribution >= 4 is 0 Å². The Morgan fingerprint density at radius 2 is 1.78 bits per heavy atom. The number of phenols is 1. The Morgan fingerprint density at radius 3 is 2.56 bits per heavy atom. The van der Waals surface area contributed by atoms with Gasteiger partial charge in [0.1, 0.15) is 6.61 Å². The van der Waals surface area contributed by atoms with E-state index < -0.39 is 0 Å². The first-order valence-electron chi connectivity index (χ1n) is 11.2. The van der Waals surface area contributed by atoms with Crippen molar-refractivity contribution in [2.45, 2.75) is 38.5 Å². The van der Waals surface area contributed by atoms with Crippen molar-refractivity contribution in [1.82, 2.24) is 4.90 Å². The average Bonchev–Trinajstić information content (AvgIpc) is 3.02. The van der Waals surface area contributed by atoms with Crippen molar-refractivity contribution in [2.75, 3.05) is 20.8 Å². The second-order valence-electron chi connectivity index (χ2n) is 8.51. The number of rotatable bonds is 5. The Bertz CT molecular complexity index is 1110. The second-order valence-corrected chi connectivity index (χ2v) is 8.51. The van der Waals surface area contributed by atoms with Gasteiger partial charge in [-0.15, -0.1) is 0 Å². The summed E-state index contributed by atoms with van der Waals surface area (Å²) in [6.07, 6.45) is 2.91. The SMILES string of the molecule is COc1cc2c(cc1OCc1ccccc1)[C@@H]1CCc3ccc(O)c(OC)c3CN1CC2. The van der Waals surface area contributed by atoms with Crippen molar-refractivity contribution in [2.24, 2.45) is 0 Å². The lowest BCUT2D eigenvalue weighted by Gasteiger charge is -2.36. The fraction of sp³-hybridized carbons (Fsp3) is 0.333. The van der Waals surface area contributed by atoms with Crippen molar-refractivity contribution in [3.05, 3.63) is 82.4 Å². The van der Waals surface area contributed by atoms with E-state index in [-0.39, 0.29) is 5.75 Å². The van der Waals surface area contributed by atoms with Gasteiger partial charge < -0.3 is 19.3 Å². The molecule has 0 unspecified atom stereocenters. The van der Waals surface area contributed by atoms with Gasteiger partial charge in [0, 0.05) is 24.7 Å². The number of aryl methyl sites for hydroxylation is 1. The number of hydrogen-bond acceptors (Lipinski definition) is 5. The predicted octanol–water partition coefficient (Wildman–Crippen LogP) is 5.03. The van der Waals surface area contributed by atoms with Crippen LogP contribution in [0.4, 0.5) is 0 Å². The minimum atomic E-state index is 0.212. The molecule has 166 valence electrons. The molecule has 5 rings (SSSR count). The maximum atomic E-state index is 10.3. The molecule has 2 heterocycles. The zero-order chi connectivity index (χ0) is 22.1. The summed E-state index contributed by atoms with van der Waals surface area (Å²) in [6, 6.07) is 18.6. The summed E-state index contributed by atoms with van der Waals surface area (Å²) in [7, 11) is 3.33.